The average Bonchev–Trinajstić information content (AvgIpc) is 1.57. The molecule has 0 aromatic heterocycles. The van der Waals surface area contributed by atoms with Gasteiger partial charge in [0.25, 0.3) is 0 Å². The zero-order valence-electron chi connectivity index (χ0n) is 53.1. The molecule has 462 valence electrons. The molecular formula is C81H70N4O8. The fourth-order valence-corrected chi connectivity index (χ4v) is 12.9. The predicted octanol–water partition coefficient (Wildman–Crippen LogP) is 20.0. The summed E-state index contributed by atoms with van der Waals surface area (Å²) in [4.78, 5) is 9.10. The molecule has 1 aliphatic rings. The first-order valence-electron chi connectivity index (χ1n) is 30.5. The fraction of sp³-hybridized carbons (Fsp3) is 0.111. The molecule has 0 heterocycles. The smallest absolute Gasteiger partial charge is 0.120 e. The van der Waals surface area contributed by atoms with Gasteiger partial charge in [-0.15, -0.1) is 0 Å². The van der Waals surface area contributed by atoms with Crippen LogP contribution in [0.3, 0.4) is 0 Å². The summed E-state index contributed by atoms with van der Waals surface area (Å²) in [6.45, 7) is 0. The van der Waals surface area contributed by atoms with E-state index in [0.29, 0.717) is 46.0 Å². The van der Waals surface area contributed by atoms with Gasteiger partial charge in [-0.05, 0) is 167 Å². The Morgan fingerprint density at radius 2 is 0.387 bits per heavy atom. The number of methoxy groups -OCH3 is 8. The highest BCUT2D eigenvalue weighted by molar-refractivity contribution is 5.93. The van der Waals surface area contributed by atoms with Crippen LogP contribution in [0.25, 0.3) is 11.1 Å². The number of hydrogen-bond donors (Lipinski definition) is 0. The van der Waals surface area contributed by atoms with Gasteiger partial charge in [0, 0.05) is 117 Å². The molecule has 0 spiro atoms. The van der Waals surface area contributed by atoms with Gasteiger partial charge in [0.2, 0.25) is 0 Å². The maximum absolute atomic E-state index is 6.02. The minimum absolute atomic E-state index is 0.693. The van der Waals surface area contributed by atoms with Crippen molar-refractivity contribution in [2.75, 3.05) is 76.5 Å². The largest absolute Gasteiger partial charge is 0.497 e. The Morgan fingerprint density at radius 1 is 0.194 bits per heavy atom. The highest BCUT2D eigenvalue weighted by Crippen LogP contribution is 2.60. The number of ether oxygens (including phenoxy) is 8. The van der Waals surface area contributed by atoms with E-state index in [4.69, 9.17) is 37.9 Å². The van der Waals surface area contributed by atoms with Gasteiger partial charge >= 0.3 is 0 Å². The molecule has 12 heteroatoms. The van der Waals surface area contributed by atoms with Crippen LogP contribution in [0.2, 0.25) is 0 Å². The van der Waals surface area contributed by atoms with E-state index in [1.807, 2.05) is 97.1 Å². The molecule has 0 amide bonds. The number of nitrogens with zero attached hydrogens (tertiary/aromatic N) is 4. The van der Waals surface area contributed by atoms with E-state index in [-0.39, 0.29) is 0 Å². The number of benzene rings is 12. The molecule has 0 N–H and O–H groups in total. The molecule has 0 saturated heterocycles. The molecule has 0 saturated carbocycles. The topological polar surface area (TPSA) is 86.8 Å². The van der Waals surface area contributed by atoms with Crippen LogP contribution in [-0.4, -0.2) is 56.9 Å². The lowest BCUT2D eigenvalue weighted by Gasteiger charge is -2.39. The van der Waals surface area contributed by atoms with Gasteiger partial charge in [-0.2, -0.15) is 0 Å². The summed E-state index contributed by atoms with van der Waals surface area (Å²) in [5, 5.41) is 0. The van der Waals surface area contributed by atoms with Crippen molar-refractivity contribution < 1.29 is 37.9 Å². The highest BCUT2D eigenvalue weighted by atomic mass is 16.5. The van der Waals surface area contributed by atoms with Crippen molar-refractivity contribution in [3.63, 3.8) is 0 Å². The Kier molecular flexibility index (Phi) is 17.1. The lowest BCUT2D eigenvalue weighted by atomic mass is 9.67. The van der Waals surface area contributed by atoms with Crippen LogP contribution in [0, 0.1) is 0 Å². The first kappa shape index (κ1) is 60.2. The predicted molar refractivity (Wildman–Crippen MR) is 375 cm³/mol. The zero-order valence-corrected chi connectivity index (χ0v) is 53.1. The summed E-state index contributed by atoms with van der Waals surface area (Å²) in [5.74, 6) is 5.55. The Hall–Kier alpha value is -11.8. The third-order valence-electron chi connectivity index (χ3n) is 17.1. The Labute approximate surface area is 543 Å². The monoisotopic (exact) mass is 1230 g/mol. The van der Waals surface area contributed by atoms with Gasteiger partial charge in [-0.1, -0.05) is 97.1 Å². The molecule has 1 aliphatic carbocycles. The Bertz CT molecular complexity index is 3950. The zero-order chi connectivity index (χ0) is 64.0. The van der Waals surface area contributed by atoms with Crippen molar-refractivity contribution in [2.45, 2.75) is 5.41 Å². The van der Waals surface area contributed by atoms with Crippen molar-refractivity contribution >= 4 is 68.2 Å². The standard InChI is InChI=1S/C81H70N4O8/c1-86-69-29-13-21-57(47-69)82(58-22-14-30-70(48-58)87-2)65-41-55(42-66(45-65)83(59-23-15-31-71(49-59)88-3)60-24-16-32-72(50-60)89-4)81(79-39-11-9-37-77(79)78-38-10-12-40-80(78)81)56-43-67(84(61-25-17-33-73(51-61)90-5)62-26-18-34-74(52-62)91-6)46-68(44-56)85(63-27-19-35-75(53-63)92-7)64-28-20-36-76(54-64)93-8/h9-54H,1-8H3. The third-order valence-corrected chi connectivity index (χ3v) is 17.1. The van der Waals surface area contributed by atoms with Crippen molar-refractivity contribution in [1.29, 1.82) is 0 Å². The normalized spacial score (nSPS) is 11.7. The molecule has 0 atom stereocenters. The second-order valence-electron chi connectivity index (χ2n) is 22.3. The lowest BCUT2D eigenvalue weighted by Crippen LogP contribution is -2.30. The van der Waals surface area contributed by atoms with Crippen LogP contribution in [0.5, 0.6) is 46.0 Å². The molecule has 0 fully saturated rings. The Morgan fingerprint density at radius 3 is 0.581 bits per heavy atom. The summed E-state index contributed by atoms with van der Waals surface area (Å²) in [6, 6.07) is 96.9. The van der Waals surface area contributed by atoms with Crippen molar-refractivity contribution in [3.8, 4) is 57.1 Å². The van der Waals surface area contributed by atoms with Crippen molar-refractivity contribution in [3.05, 3.63) is 301 Å². The van der Waals surface area contributed by atoms with E-state index in [2.05, 4.69) is 202 Å². The number of hydrogen-bond acceptors (Lipinski definition) is 12. The van der Waals surface area contributed by atoms with Crippen LogP contribution in [-0.2, 0) is 5.41 Å². The SMILES string of the molecule is COc1cccc(N(c2cccc(OC)c2)c2cc(N(c3cccc(OC)c3)c3cccc(OC)c3)cc(C3(c4cc(N(c5cccc(OC)c5)c5cccc(OC)c5)cc(N(c5cccc(OC)c5)c5cccc(OC)c5)c4)c4ccccc4-c4ccccc43)c2)c1. The number of fused-ring (bicyclic) bond motifs is 3. The van der Waals surface area contributed by atoms with E-state index in [9.17, 15) is 0 Å². The maximum Gasteiger partial charge on any atom is 0.120 e. The minimum Gasteiger partial charge on any atom is -0.497 e. The van der Waals surface area contributed by atoms with Gasteiger partial charge < -0.3 is 57.5 Å². The number of rotatable bonds is 22. The van der Waals surface area contributed by atoms with Crippen LogP contribution < -0.4 is 57.5 Å². The highest BCUT2D eigenvalue weighted by Gasteiger charge is 2.47. The van der Waals surface area contributed by atoms with Crippen LogP contribution in [0.15, 0.2) is 279 Å². The second kappa shape index (κ2) is 26.4. The molecule has 12 nitrogen and oxygen atoms in total. The van der Waals surface area contributed by atoms with Gasteiger partial charge in [-0.25, -0.2) is 0 Å². The fourth-order valence-electron chi connectivity index (χ4n) is 12.9. The quantitative estimate of drug-likeness (QED) is 0.0648. The van der Waals surface area contributed by atoms with Crippen molar-refractivity contribution in [2.24, 2.45) is 0 Å². The number of anilines is 12. The van der Waals surface area contributed by atoms with Gasteiger partial charge in [-0.3, -0.25) is 0 Å². The van der Waals surface area contributed by atoms with Crippen LogP contribution in [0.4, 0.5) is 68.2 Å². The minimum atomic E-state index is -1.13. The first-order valence-corrected chi connectivity index (χ1v) is 30.5. The van der Waals surface area contributed by atoms with Gasteiger partial charge in [0.15, 0.2) is 0 Å². The molecule has 0 radical (unpaired) electrons. The third kappa shape index (κ3) is 11.5. The van der Waals surface area contributed by atoms with E-state index in [0.717, 1.165) is 102 Å². The molecule has 93 heavy (non-hydrogen) atoms. The molecule has 12 aromatic carbocycles. The molecule has 12 aromatic rings. The molecular weight excluding hydrogens is 1160 g/mol. The Balaban J connectivity index is 1.23. The van der Waals surface area contributed by atoms with E-state index in [1.54, 1.807) is 56.9 Å². The van der Waals surface area contributed by atoms with E-state index >= 15 is 0 Å². The second-order valence-corrected chi connectivity index (χ2v) is 22.3. The first-order chi connectivity index (χ1) is 45.7. The average molecular weight is 1230 g/mol. The van der Waals surface area contributed by atoms with Gasteiger partial charge in [0.1, 0.15) is 46.0 Å². The molecule has 0 bridgehead atoms. The molecule has 13 rings (SSSR count). The summed E-state index contributed by atoms with van der Waals surface area (Å²) in [7, 11) is 13.6. The summed E-state index contributed by atoms with van der Waals surface area (Å²) in [5.41, 5.74) is 15.3. The molecule has 0 aliphatic heterocycles. The van der Waals surface area contributed by atoms with Crippen LogP contribution in [0.1, 0.15) is 22.3 Å². The molecule has 0 unspecified atom stereocenters. The maximum atomic E-state index is 6.02. The summed E-state index contributed by atoms with van der Waals surface area (Å²) in [6.07, 6.45) is 0. The van der Waals surface area contributed by atoms with Crippen molar-refractivity contribution in [1.82, 2.24) is 0 Å². The van der Waals surface area contributed by atoms with E-state index < -0.39 is 5.41 Å². The summed E-state index contributed by atoms with van der Waals surface area (Å²) >= 11 is 0. The van der Waals surface area contributed by atoms with Gasteiger partial charge in [0.05, 0.1) is 62.3 Å². The lowest BCUT2D eigenvalue weighted by molar-refractivity contribution is 0.414. The summed E-state index contributed by atoms with van der Waals surface area (Å²) < 4.78 is 48.2. The van der Waals surface area contributed by atoms with Crippen LogP contribution >= 0.6 is 0 Å². The van der Waals surface area contributed by atoms with E-state index in [1.165, 1.54) is 0 Å².